The van der Waals surface area contributed by atoms with E-state index >= 15 is 0 Å². The Morgan fingerprint density at radius 1 is 1.15 bits per heavy atom. The van der Waals surface area contributed by atoms with Gasteiger partial charge >= 0.3 is 0 Å². The van der Waals surface area contributed by atoms with Crippen LogP contribution in [0.3, 0.4) is 0 Å². The van der Waals surface area contributed by atoms with Crippen molar-refractivity contribution in [1.82, 2.24) is 19.5 Å². The molecule has 2 N–H and O–H groups in total. The number of aromatic nitrogens is 4. The summed E-state index contributed by atoms with van der Waals surface area (Å²) in [4.78, 5) is 12.4. The minimum absolute atomic E-state index is 0.475. The van der Waals surface area contributed by atoms with E-state index in [0.717, 1.165) is 16.9 Å². The number of hydrogen-bond acceptors (Lipinski definition) is 5. The monoisotopic (exact) mass is 267 g/mol. The van der Waals surface area contributed by atoms with Gasteiger partial charge in [0.15, 0.2) is 0 Å². The van der Waals surface area contributed by atoms with Crippen LogP contribution in [0.15, 0.2) is 49.2 Å². The second-order valence-corrected chi connectivity index (χ2v) is 4.18. The van der Waals surface area contributed by atoms with E-state index in [1.807, 2.05) is 22.8 Å². The zero-order chi connectivity index (χ0) is 13.9. The summed E-state index contributed by atoms with van der Waals surface area (Å²) in [5, 5.41) is 0. The van der Waals surface area contributed by atoms with Crippen molar-refractivity contribution in [3.63, 3.8) is 0 Å². The van der Waals surface area contributed by atoms with E-state index in [4.69, 9.17) is 10.5 Å². The van der Waals surface area contributed by atoms with Gasteiger partial charge in [-0.2, -0.15) is 0 Å². The Morgan fingerprint density at radius 2 is 2.05 bits per heavy atom. The zero-order valence-corrected chi connectivity index (χ0v) is 10.9. The molecule has 6 heteroatoms. The van der Waals surface area contributed by atoms with Crippen molar-refractivity contribution in [2.75, 3.05) is 12.8 Å². The summed E-state index contributed by atoms with van der Waals surface area (Å²) in [6.07, 6.45) is 6.91. The molecular formula is C14H13N5O. The van der Waals surface area contributed by atoms with E-state index in [0.29, 0.717) is 11.7 Å². The smallest absolute Gasteiger partial charge is 0.213 e. The van der Waals surface area contributed by atoms with E-state index in [2.05, 4.69) is 15.0 Å². The fourth-order valence-corrected chi connectivity index (χ4v) is 1.96. The Morgan fingerprint density at radius 3 is 2.75 bits per heavy atom. The lowest BCUT2D eigenvalue weighted by atomic mass is 10.2. The zero-order valence-electron chi connectivity index (χ0n) is 10.9. The van der Waals surface area contributed by atoms with Crippen molar-refractivity contribution in [3.8, 4) is 22.8 Å². The molecule has 3 aromatic heterocycles. The van der Waals surface area contributed by atoms with Crippen LogP contribution in [0.5, 0.6) is 5.88 Å². The maximum Gasteiger partial charge on any atom is 0.213 e. The summed E-state index contributed by atoms with van der Waals surface area (Å²) >= 11 is 0. The summed E-state index contributed by atoms with van der Waals surface area (Å²) in [6, 6.07) is 7.42. The number of nitrogens with two attached hydrogens (primary N) is 1. The van der Waals surface area contributed by atoms with E-state index in [1.165, 1.54) is 0 Å². The number of nitrogens with zero attached hydrogens (tertiary/aromatic N) is 4. The van der Waals surface area contributed by atoms with Crippen LogP contribution >= 0.6 is 0 Å². The van der Waals surface area contributed by atoms with Gasteiger partial charge < -0.3 is 10.5 Å². The molecule has 0 atom stereocenters. The summed E-state index contributed by atoms with van der Waals surface area (Å²) in [5.74, 6) is 1.05. The number of nitrogen functional groups attached to an aromatic ring is 1. The molecule has 6 nitrogen and oxygen atoms in total. The third-order valence-electron chi connectivity index (χ3n) is 2.92. The van der Waals surface area contributed by atoms with Gasteiger partial charge in [-0.1, -0.05) is 0 Å². The summed E-state index contributed by atoms with van der Waals surface area (Å²) in [5.41, 5.74) is 8.49. The van der Waals surface area contributed by atoms with Gasteiger partial charge in [-0.15, -0.1) is 0 Å². The fraction of sp³-hybridized carbons (Fsp3) is 0.0714. The lowest BCUT2D eigenvalue weighted by Gasteiger charge is -2.08. The Balaban J connectivity index is 2.05. The van der Waals surface area contributed by atoms with Gasteiger partial charge in [0.2, 0.25) is 5.88 Å². The molecule has 0 fully saturated rings. The third kappa shape index (κ3) is 2.18. The molecule has 3 heterocycles. The molecule has 0 amide bonds. The van der Waals surface area contributed by atoms with Crippen molar-refractivity contribution in [3.05, 3.63) is 49.2 Å². The minimum atomic E-state index is 0.475. The predicted molar refractivity (Wildman–Crippen MR) is 75.6 cm³/mol. The highest BCUT2D eigenvalue weighted by atomic mass is 16.5. The van der Waals surface area contributed by atoms with Crippen LogP contribution in [-0.4, -0.2) is 26.6 Å². The first-order valence-corrected chi connectivity index (χ1v) is 6.02. The van der Waals surface area contributed by atoms with Gasteiger partial charge in [0.25, 0.3) is 0 Å². The number of rotatable bonds is 3. The topological polar surface area (TPSA) is 78.8 Å². The Bertz CT molecular complexity index is 720. The molecule has 0 aliphatic heterocycles. The van der Waals surface area contributed by atoms with Crippen LogP contribution in [0.4, 0.5) is 5.82 Å². The predicted octanol–water partition coefficient (Wildman–Crippen LogP) is 1.92. The average Bonchev–Trinajstić information content (AvgIpc) is 2.97. The van der Waals surface area contributed by atoms with Gasteiger partial charge in [0.1, 0.15) is 5.82 Å². The molecule has 3 rings (SSSR count). The van der Waals surface area contributed by atoms with Crippen molar-refractivity contribution in [1.29, 1.82) is 0 Å². The number of pyridine rings is 2. The fourth-order valence-electron chi connectivity index (χ4n) is 1.96. The first kappa shape index (κ1) is 12.2. The van der Waals surface area contributed by atoms with Crippen molar-refractivity contribution in [2.45, 2.75) is 0 Å². The first-order chi connectivity index (χ1) is 9.78. The highest BCUT2D eigenvalue weighted by molar-refractivity contribution is 5.64. The molecule has 20 heavy (non-hydrogen) atoms. The standard InChI is InChI=1S/C14H13N5O/c1-20-14-3-2-11(7-18-14)19-9-16-8-12(19)10-4-5-17-13(15)6-10/h2-9H,1H3,(H2,15,17). The molecule has 0 aromatic carbocycles. The van der Waals surface area contributed by atoms with E-state index in [1.54, 1.807) is 38.1 Å². The maximum atomic E-state index is 5.72. The van der Waals surface area contributed by atoms with Gasteiger partial charge in [-0.05, 0) is 18.2 Å². The van der Waals surface area contributed by atoms with Crippen LogP contribution < -0.4 is 10.5 Å². The molecule has 100 valence electrons. The molecule has 0 unspecified atom stereocenters. The quantitative estimate of drug-likeness (QED) is 0.784. The highest BCUT2D eigenvalue weighted by Gasteiger charge is 2.08. The highest BCUT2D eigenvalue weighted by Crippen LogP contribution is 2.23. The molecule has 0 radical (unpaired) electrons. The number of ether oxygens (including phenoxy) is 1. The first-order valence-electron chi connectivity index (χ1n) is 6.02. The van der Waals surface area contributed by atoms with Crippen molar-refractivity contribution < 1.29 is 4.74 Å². The molecular weight excluding hydrogens is 254 g/mol. The van der Waals surface area contributed by atoms with Gasteiger partial charge in [-0.25, -0.2) is 15.0 Å². The number of anilines is 1. The van der Waals surface area contributed by atoms with Gasteiger partial charge in [0.05, 0.1) is 37.2 Å². The molecule has 0 aliphatic rings. The molecule has 0 aliphatic carbocycles. The van der Waals surface area contributed by atoms with Crippen molar-refractivity contribution >= 4 is 5.82 Å². The summed E-state index contributed by atoms with van der Waals surface area (Å²) in [6.45, 7) is 0. The number of hydrogen-bond donors (Lipinski definition) is 1. The molecule has 0 saturated carbocycles. The SMILES string of the molecule is COc1ccc(-n2cncc2-c2ccnc(N)c2)cn1. The summed E-state index contributed by atoms with van der Waals surface area (Å²) in [7, 11) is 1.59. The Labute approximate surface area is 115 Å². The minimum Gasteiger partial charge on any atom is -0.481 e. The van der Waals surface area contributed by atoms with E-state index in [9.17, 15) is 0 Å². The van der Waals surface area contributed by atoms with Crippen LogP contribution in [0.25, 0.3) is 16.9 Å². The number of methoxy groups -OCH3 is 1. The molecule has 0 saturated heterocycles. The second kappa shape index (κ2) is 5.00. The second-order valence-electron chi connectivity index (χ2n) is 4.18. The maximum absolute atomic E-state index is 5.72. The average molecular weight is 267 g/mol. The molecule has 0 spiro atoms. The lowest BCUT2D eigenvalue weighted by Crippen LogP contribution is -1.98. The normalized spacial score (nSPS) is 10.4. The summed E-state index contributed by atoms with van der Waals surface area (Å²) < 4.78 is 6.99. The van der Waals surface area contributed by atoms with Crippen LogP contribution in [0.1, 0.15) is 0 Å². The van der Waals surface area contributed by atoms with Crippen LogP contribution in [0.2, 0.25) is 0 Å². The van der Waals surface area contributed by atoms with Gasteiger partial charge in [-0.3, -0.25) is 4.57 Å². The number of imidazole rings is 1. The van der Waals surface area contributed by atoms with Crippen LogP contribution in [0, 0.1) is 0 Å². The van der Waals surface area contributed by atoms with E-state index in [-0.39, 0.29) is 0 Å². The van der Waals surface area contributed by atoms with E-state index < -0.39 is 0 Å². The molecule has 3 aromatic rings. The largest absolute Gasteiger partial charge is 0.481 e. The third-order valence-corrected chi connectivity index (χ3v) is 2.92. The van der Waals surface area contributed by atoms with Gasteiger partial charge in [0, 0.05) is 17.8 Å². The lowest BCUT2D eigenvalue weighted by molar-refractivity contribution is 0.398. The van der Waals surface area contributed by atoms with Crippen molar-refractivity contribution in [2.24, 2.45) is 0 Å². The Hall–Kier alpha value is -2.89. The molecule has 0 bridgehead atoms. The Kier molecular flexibility index (Phi) is 3.04. The van der Waals surface area contributed by atoms with Crippen LogP contribution in [-0.2, 0) is 0 Å².